The molecule has 6 fully saturated rings. The molecule has 116 heavy (non-hydrogen) atoms. The van der Waals surface area contributed by atoms with Crippen LogP contribution in [-0.4, -0.2) is 115 Å². The van der Waals surface area contributed by atoms with Crippen LogP contribution in [0.2, 0.25) is 0 Å². The van der Waals surface area contributed by atoms with Crippen LogP contribution in [0, 0.1) is 93.7 Å². The molecule has 8 aliphatic carbocycles. The Morgan fingerprint density at radius 3 is 1.03 bits per heavy atom. The fourth-order valence-corrected chi connectivity index (χ4v) is 24.5. The Morgan fingerprint density at radius 2 is 0.681 bits per heavy atom. The molecule has 0 aromatic rings. The molecule has 0 radical (unpaired) electrons. The van der Waals surface area contributed by atoms with Crippen molar-refractivity contribution in [2.45, 2.75) is 466 Å². The number of fused-ring (bicyclic) bond motifs is 10. The van der Waals surface area contributed by atoms with Crippen LogP contribution in [-0.2, 0) is 28.4 Å². The molecule has 4 unspecified atom stereocenters. The highest BCUT2D eigenvalue weighted by molar-refractivity contribution is 5.26. The third-order valence-corrected chi connectivity index (χ3v) is 31.9. The molecular formula is C108H197NO7. The van der Waals surface area contributed by atoms with Gasteiger partial charge < -0.3 is 38.4 Å². The predicted octanol–water partition coefficient (Wildman–Crippen LogP) is 30.6. The number of rotatable bonds is 67. The summed E-state index contributed by atoms with van der Waals surface area (Å²) in [6.07, 6.45) is 93.1. The Kier molecular flexibility index (Phi) is 53.6. The molecule has 0 amide bonds. The van der Waals surface area contributed by atoms with Crippen LogP contribution in [0.15, 0.2) is 47.6 Å². The van der Waals surface area contributed by atoms with Gasteiger partial charge in [-0.25, -0.2) is 0 Å². The van der Waals surface area contributed by atoms with Crippen molar-refractivity contribution in [3.05, 3.63) is 47.6 Å². The van der Waals surface area contributed by atoms with Gasteiger partial charge in [-0.1, -0.05) is 297 Å². The maximum Gasteiger partial charge on any atom is 0.101 e. The van der Waals surface area contributed by atoms with Gasteiger partial charge in [-0.3, -0.25) is 0 Å². The van der Waals surface area contributed by atoms with Gasteiger partial charge in [0, 0.05) is 39.6 Å². The zero-order valence-corrected chi connectivity index (χ0v) is 79.3. The van der Waals surface area contributed by atoms with Crippen LogP contribution in [0.3, 0.4) is 0 Å². The number of allylic oxidation sites excluding steroid dienone is 6. The quantitative estimate of drug-likeness (QED) is 0.0477. The van der Waals surface area contributed by atoms with E-state index in [4.69, 9.17) is 28.4 Å². The molecule has 0 aromatic heterocycles. The molecule has 0 bridgehead atoms. The van der Waals surface area contributed by atoms with Gasteiger partial charge >= 0.3 is 0 Å². The minimum absolute atomic E-state index is 0.336. The first-order valence-corrected chi connectivity index (χ1v) is 52.1. The molecule has 8 nitrogen and oxygen atoms in total. The molecule has 8 heteroatoms. The maximum atomic E-state index is 10.3. The fraction of sp³-hybridized carbons (Fsp3) is 0.926. The summed E-state index contributed by atoms with van der Waals surface area (Å²) in [5, 5.41) is 10.3. The minimum atomic E-state index is -0.516. The van der Waals surface area contributed by atoms with Crippen molar-refractivity contribution in [1.29, 1.82) is 0 Å². The van der Waals surface area contributed by atoms with Gasteiger partial charge in [-0.2, -0.15) is 0 Å². The van der Waals surface area contributed by atoms with Crippen molar-refractivity contribution in [2.75, 3.05) is 80.2 Å². The largest absolute Gasteiger partial charge is 0.388 e. The van der Waals surface area contributed by atoms with E-state index >= 15 is 0 Å². The van der Waals surface area contributed by atoms with Gasteiger partial charge in [-0.05, 0) is 300 Å². The molecule has 0 heterocycles. The molecule has 8 aliphatic rings. The lowest BCUT2D eigenvalue weighted by Gasteiger charge is -2.55. The molecule has 6 saturated carbocycles. The lowest BCUT2D eigenvalue weighted by molar-refractivity contribution is -0.0332. The van der Waals surface area contributed by atoms with Crippen LogP contribution in [0.1, 0.15) is 442 Å². The van der Waals surface area contributed by atoms with Crippen molar-refractivity contribution < 1.29 is 33.5 Å². The van der Waals surface area contributed by atoms with E-state index in [1.54, 1.807) is 11.1 Å². The molecule has 0 saturated heterocycles. The van der Waals surface area contributed by atoms with Crippen molar-refractivity contribution in [3.63, 3.8) is 0 Å². The monoisotopic (exact) mass is 1620 g/mol. The van der Waals surface area contributed by atoms with Crippen molar-refractivity contribution in [2.24, 2.45) is 93.7 Å². The number of hydrogen-bond acceptors (Lipinski definition) is 8. The molecule has 0 aliphatic heterocycles. The van der Waals surface area contributed by atoms with Crippen molar-refractivity contribution >= 4 is 0 Å². The van der Waals surface area contributed by atoms with E-state index in [1.807, 2.05) is 0 Å². The highest BCUT2D eigenvalue weighted by Crippen LogP contribution is 2.65. The molecule has 18 atom stereocenters. The topological polar surface area (TPSA) is 78.9 Å². The van der Waals surface area contributed by atoms with Gasteiger partial charge in [0.1, 0.15) is 6.10 Å². The van der Waals surface area contributed by atoms with Gasteiger partial charge in [-0.15, -0.1) is 0 Å². The summed E-state index contributed by atoms with van der Waals surface area (Å²) in [7, 11) is 4.31. The molecule has 0 spiro atoms. The van der Waals surface area contributed by atoms with E-state index in [2.05, 4.69) is 125 Å². The first-order chi connectivity index (χ1) is 56.6. The van der Waals surface area contributed by atoms with E-state index in [9.17, 15) is 5.11 Å². The normalized spacial score (nSPS) is 28.1. The summed E-state index contributed by atoms with van der Waals surface area (Å²) >= 11 is 0. The van der Waals surface area contributed by atoms with E-state index < -0.39 is 6.10 Å². The standard InChI is InChI=1S/C55H101NO3.C53H96O4/c1-8-9-10-11-12-13-14-15-16-17-18-19-20-21-22-25-39-57-43-48(56(6)7)44-58-40-26-23-24-27-41-59-49-37-38-55(5)47(42-49)31-32-53-52-34-33-50(51(52)35-36-54(53)55)46(4)30-28-29-45(2)3;1-6-7-8-9-10-11-12-13-14-15-16-17-18-19-20-23-37-55-41-46(54)42-56-38-24-21-22-25-39-57-47-35-36-53(5)45(40-47)29-30-51-50-32-31-48(49(50)33-34-52(51)53)44(4)28-26-27-43(2)3/h15-16,31,45-46,48-54H,8-14,17-30,32-44H2,1-7H3;13-14,29,43-44,46-52,54H,6-12,15-28,30-42H2,1-5H3/b16-15-;14-13-/t46-,48+,49+,50-,51-,52?,53+,54?,55+;44-,46-,47+,48-,49-,50?,51+,52?,53+/m11/s1. The number of ether oxygens (including phenoxy) is 6. The van der Waals surface area contributed by atoms with E-state index in [-0.39, 0.29) is 0 Å². The lowest BCUT2D eigenvalue weighted by Crippen LogP contribution is -2.48. The Hall–Kier alpha value is -1.36. The van der Waals surface area contributed by atoms with Crippen LogP contribution in [0.5, 0.6) is 0 Å². The second kappa shape index (κ2) is 61.1. The second-order valence-electron chi connectivity index (χ2n) is 41.9. The summed E-state index contributed by atoms with van der Waals surface area (Å²) in [6, 6.07) is 0.336. The van der Waals surface area contributed by atoms with Crippen molar-refractivity contribution in [1.82, 2.24) is 4.90 Å². The summed E-state index contributed by atoms with van der Waals surface area (Å²) in [5.41, 5.74) is 4.41. The van der Waals surface area contributed by atoms with E-state index in [1.165, 1.54) is 347 Å². The van der Waals surface area contributed by atoms with Crippen LogP contribution >= 0.6 is 0 Å². The zero-order valence-electron chi connectivity index (χ0n) is 79.3. The first-order valence-electron chi connectivity index (χ1n) is 52.1. The number of aliphatic hydroxyl groups is 1. The minimum Gasteiger partial charge on any atom is -0.388 e. The highest BCUT2D eigenvalue weighted by atomic mass is 16.5. The predicted molar refractivity (Wildman–Crippen MR) is 499 cm³/mol. The number of hydrogen-bond donors (Lipinski definition) is 1. The zero-order chi connectivity index (χ0) is 82.7. The average Bonchev–Trinajstić information content (AvgIpc) is 1.20. The number of aliphatic hydroxyl groups excluding tert-OH is 1. The SMILES string of the molecule is CCCCCCCC/C=C\CCCCCCCCOC[C@@H](COCCCCCCO[C@H]1CC[C@@]2(C)C(=CC[C@H]3C4CC[C@H]([C@H](C)CCCC(C)C)[C@H]4CCC32)C1)N(C)C.CCCCCCCC/C=C\CCCCCCCCOC[C@@H](O)COCCCCCCO[C@H]1CC[C@@]2(C)C(=CC[C@H]3C4CC[C@H]([C@H](C)CCCC(C)C)[C@H]4CCC32)C1. The van der Waals surface area contributed by atoms with Gasteiger partial charge in [0.2, 0.25) is 0 Å². The third kappa shape index (κ3) is 37.8. The van der Waals surface area contributed by atoms with Crippen LogP contribution in [0.4, 0.5) is 0 Å². The third-order valence-electron chi connectivity index (χ3n) is 31.9. The molecular weight excluding hydrogens is 1420 g/mol. The van der Waals surface area contributed by atoms with Gasteiger partial charge in [0.25, 0.3) is 0 Å². The highest BCUT2D eigenvalue weighted by Gasteiger charge is 2.56. The first kappa shape index (κ1) is 102. The average molecular weight is 1620 g/mol. The number of unbranched alkanes of at least 4 members (excludes halogenated alkanes) is 30. The summed E-state index contributed by atoms with van der Waals surface area (Å²) in [4.78, 5) is 2.26. The van der Waals surface area contributed by atoms with Crippen LogP contribution < -0.4 is 0 Å². The smallest absolute Gasteiger partial charge is 0.101 e. The van der Waals surface area contributed by atoms with E-state index in [0.717, 1.165) is 161 Å². The van der Waals surface area contributed by atoms with Crippen molar-refractivity contribution in [3.8, 4) is 0 Å². The fourth-order valence-electron chi connectivity index (χ4n) is 24.5. The van der Waals surface area contributed by atoms with Crippen LogP contribution in [0.25, 0.3) is 0 Å². The Balaban J connectivity index is 0.000000321. The molecule has 676 valence electrons. The summed E-state index contributed by atoms with van der Waals surface area (Å²) in [5.74, 6) is 13.3. The molecule has 1 N–H and O–H groups in total. The second-order valence-corrected chi connectivity index (χ2v) is 41.9. The Morgan fingerprint density at radius 1 is 0.362 bits per heavy atom. The Labute approximate surface area is 721 Å². The molecule has 0 aromatic carbocycles. The number of nitrogens with zero attached hydrogens (tertiary/aromatic N) is 1. The summed E-state index contributed by atoms with van der Waals surface area (Å²) < 4.78 is 36.8. The Bertz CT molecular complexity index is 2520. The van der Waals surface area contributed by atoms with Gasteiger partial charge in [0.15, 0.2) is 0 Å². The van der Waals surface area contributed by atoms with Gasteiger partial charge in [0.05, 0.1) is 44.7 Å². The maximum absolute atomic E-state index is 10.3. The van der Waals surface area contributed by atoms with E-state index in [0.29, 0.717) is 42.3 Å². The lowest BCUT2D eigenvalue weighted by atomic mass is 9.50. The molecule has 8 rings (SSSR count). The summed E-state index contributed by atoms with van der Waals surface area (Å²) in [6.45, 7) is 32.0. The number of likely N-dealkylation sites (N-methyl/N-ethyl adjacent to an activating group) is 1.